The van der Waals surface area contributed by atoms with Gasteiger partial charge in [0.15, 0.2) is 5.96 Å². The first kappa shape index (κ1) is 17.4. The van der Waals surface area contributed by atoms with Crippen LogP contribution in [0.3, 0.4) is 0 Å². The SMILES string of the molecule is CN=C(NCC1(O)CCc2ccccc21)N1CCN(c2cccs2)CC1. The topological polar surface area (TPSA) is 51.1 Å². The molecule has 0 bridgehead atoms. The predicted octanol–water partition coefficient (Wildman–Crippen LogP) is 2.28. The largest absolute Gasteiger partial charge is 0.383 e. The monoisotopic (exact) mass is 370 g/mol. The summed E-state index contributed by atoms with van der Waals surface area (Å²) in [6.07, 6.45) is 1.70. The summed E-state index contributed by atoms with van der Waals surface area (Å²) in [5, 5.41) is 18.0. The van der Waals surface area contributed by atoms with Crippen molar-refractivity contribution in [3.8, 4) is 0 Å². The van der Waals surface area contributed by atoms with Crippen LogP contribution < -0.4 is 10.2 Å². The van der Waals surface area contributed by atoms with E-state index in [1.807, 2.05) is 25.2 Å². The average Bonchev–Trinajstić information content (AvgIpc) is 3.32. The Morgan fingerprint density at radius 3 is 2.73 bits per heavy atom. The number of hydrogen-bond acceptors (Lipinski definition) is 4. The van der Waals surface area contributed by atoms with Gasteiger partial charge in [-0.3, -0.25) is 4.99 Å². The molecule has 1 aromatic heterocycles. The molecule has 2 N–H and O–H groups in total. The van der Waals surface area contributed by atoms with Crippen LogP contribution in [0.5, 0.6) is 0 Å². The normalized spacial score (nSPS) is 23.2. The number of guanidine groups is 1. The highest BCUT2D eigenvalue weighted by Crippen LogP contribution is 2.36. The Balaban J connectivity index is 1.36. The lowest BCUT2D eigenvalue weighted by Crippen LogP contribution is -2.54. The highest BCUT2D eigenvalue weighted by molar-refractivity contribution is 7.14. The molecule has 4 rings (SSSR count). The van der Waals surface area contributed by atoms with E-state index in [4.69, 9.17) is 0 Å². The van der Waals surface area contributed by atoms with Gasteiger partial charge in [-0.25, -0.2) is 0 Å². The fraction of sp³-hybridized carbons (Fsp3) is 0.450. The van der Waals surface area contributed by atoms with Gasteiger partial charge in [-0.05, 0) is 41.5 Å². The highest BCUT2D eigenvalue weighted by atomic mass is 32.1. The number of aliphatic hydroxyl groups is 1. The number of rotatable bonds is 3. The van der Waals surface area contributed by atoms with Crippen LogP contribution in [0.25, 0.3) is 0 Å². The highest BCUT2D eigenvalue weighted by Gasteiger charge is 2.36. The Hall–Kier alpha value is -2.05. The molecule has 0 spiro atoms. The van der Waals surface area contributed by atoms with Crippen molar-refractivity contribution in [2.45, 2.75) is 18.4 Å². The van der Waals surface area contributed by atoms with Crippen LogP contribution in [0, 0.1) is 0 Å². The van der Waals surface area contributed by atoms with Gasteiger partial charge < -0.3 is 20.2 Å². The fourth-order valence-corrected chi connectivity index (χ4v) is 4.78. The number of piperazine rings is 1. The third kappa shape index (κ3) is 3.31. The zero-order valence-corrected chi connectivity index (χ0v) is 16.0. The molecule has 1 saturated heterocycles. The summed E-state index contributed by atoms with van der Waals surface area (Å²) in [7, 11) is 1.82. The van der Waals surface area contributed by atoms with Gasteiger partial charge in [0.05, 0.1) is 11.5 Å². The van der Waals surface area contributed by atoms with E-state index in [1.54, 1.807) is 11.3 Å². The summed E-state index contributed by atoms with van der Waals surface area (Å²) >= 11 is 1.79. The van der Waals surface area contributed by atoms with Gasteiger partial charge in [0.2, 0.25) is 0 Å². The van der Waals surface area contributed by atoms with Crippen LogP contribution >= 0.6 is 11.3 Å². The molecule has 6 heteroatoms. The van der Waals surface area contributed by atoms with Gasteiger partial charge in [-0.2, -0.15) is 0 Å². The maximum Gasteiger partial charge on any atom is 0.193 e. The lowest BCUT2D eigenvalue weighted by molar-refractivity contribution is 0.0425. The second-order valence-corrected chi connectivity index (χ2v) is 7.94. The quantitative estimate of drug-likeness (QED) is 0.643. The van der Waals surface area contributed by atoms with Crippen molar-refractivity contribution in [3.63, 3.8) is 0 Å². The van der Waals surface area contributed by atoms with E-state index in [1.165, 1.54) is 10.6 Å². The summed E-state index contributed by atoms with van der Waals surface area (Å²) in [4.78, 5) is 9.16. The van der Waals surface area contributed by atoms with Crippen LogP contribution in [0.4, 0.5) is 5.00 Å². The molecule has 2 heterocycles. The third-order valence-electron chi connectivity index (χ3n) is 5.47. The molecule has 1 unspecified atom stereocenters. The Morgan fingerprint density at radius 1 is 1.19 bits per heavy atom. The molecule has 1 fully saturated rings. The summed E-state index contributed by atoms with van der Waals surface area (Å²) in [5.41, 5.74) is 1.52. The number of anilines is 1. The average molecular weight is 371 g/mol. The van der Waals surface area contributed by atoms with Crippen molar-refractivity contribution in [3.05, 3.63) is 52.9 Å². The fourth-order valence-electron chi connectivity index (χ4n) is 4.00. The Morgan fingerprint density at radius 2 is 2.00 bits per heavy atom. The van der Waals surface area contributed by atoms with Crippen molar-refractivity contribution >= 4 is 22.3 Å². The molecular formula is C20H26N4OS. The second kappa shape index (κ2) is 7.29. The number of thiophene rings is 1. The molecule has 0 saturated carbocycles. The zero-order chi connectivity index (χ0) is 18.0. The Bertz CT molecular complexity index is 768. The van der Waals surface area contributed by atoms with Crippen molar-refractivity contribution < 1.29 is 5.11 Å². The lowest BCUT2D eigenvalue weighted by atomic mass is 9.96. The first-order chi connectivity index (χ1) is 12.7. The summed E-state index contributed by atoms with van der Waals surface area (Å²) in [6.45, 7) is 4.36. The van der Waals surface area contributed by atoms with E-state index in [0.29, 0.717) is 6.54 Å². The smallest absolute Gasteiger partial charge is 0.193 e. The molecule has 2 aliphatic rings. The molecule has 1 aromatic carbocycles. The molecular weight excluding hydrogens is 344 g/mol. The molecule has 1 aliphatic heterocycles. The maximum absolute atomic E-state index is 11.1. The minimum Gasteiger partial charge on any atom is -0.383 e. The van der Waals surface area contributed by atoms with Gasteiger partial charge in [0.25, 0.3) is 0 Å². The summed E-state index contributed by atoms with van der Waals surface area (Å²) < 4.78 is 0. The van der Waals surface area contributed by atoms with Crippen molar-refractivity contribution in [2.24, 2.45) is 4.99 Å². The number of nitrogens with zero attached hydrogens (tertiary/aromatic N) is 3. The van der Waals surface area contributed by atoms with Crippen molar-refractivity contribution in [2.75, 3.05) is 44.7 Å². The number of benzene rings is 1. The van der Waals surface area contributed by atoms with Gasteiger partial charge in [-0.15, -0.1) is 11.3 Å². The maximum atomic E-state index is 11.1. The van der Waals surface area contributed by atoms with Crippen LogP contribution in [-0.2, 0) is 12.0 Å². The number of aryl methyl sites for hydroxylation is 1. The number of hydrogen-bond donors (Lipinski definition) is 2. The summed E-state index contributed by atoms with van der Waals surface area (Å²) in [6, 6.07) is 12.5. The van der Waals surface area contributed by atoms with Crippen LogP contribution in [0.15, 0.2) is 46.8 Å². The molecule has 0 amide bonds. The predicted molar refractivity (Wildman–Crippen MR) is 108 cm³/mol. The molecule has 1 aliphatic carbocycles. The second-order valence-electron chi connectivity index (χ2n) is 7.01. The Kier molecular flexibility index (Phi) is 4.87. The van der Waals surface area contributed by atoms with E-state index in [2.05, 4.69) is 43.7 Å². The number of aliphatic imine (C=N–C) groups is 1. The van der Waals surface area contributed by atoms with E-state index >= 15 is 0 Å². The first-order valence-electron chi connectivity index (χ1n) is 9.24. The molecule has 138 valence electrons. The molecule has 2 aromatic rings. The number of nitrogens with one attached hydrogen (secondary N) is 1. The van der Waals surface area contributed by atoms with E-state index < -0.39 is 5.60 Å². The Labute approximate surface area is 159 Å². The van der Waals surface area contributed by atoms with Gasteiger partial charge in [0, 0.05) is 33.2 Å². The van der Waals surface area contributed by atoms with Gasteiger partial charge in [0.1, 0.15) is 5.60 Å². The van der Waals surface area contributed by atoms with E-state index in [-0.39, 0.29) is 0 Å². The van der Waals surface area contributed by atoms with Crippen LogP contribution in [-0.4, -0.2) is 55.7 Å². The summed E-state index contributed by atoms with van der Waals surface area (Å²) in [5.74, 6) is 0.883. The van der Waals surface area contributed by atoms with E-state index in [9.17, 15) is 5.11 Å². The molecule has 26 heavy (non-hydrogen) atoms. The van der Waals surface area contributed by atoms with Crippen LogP contribution in [0.2, 0.25) is 0 Å². The van der Waals surface area contributed by atoms with Crippen molar-refractivity contribution in [1.29, 1.82) is 0 Å². The van der Waals surface area contributed by atoms with Crippen LogP contribution in [0.1, 0.15) is 17.5 Å². The zero-order valence-electron chi connectivity index (χ0n) is 15.2. The first-order valence-corrected chi connectivity index (χ1v) is 10.1. The minimum absolute atomic E-state index is 0.502. The molecule has 0 radical (unpaired) electrons. The third-order valence-corrected chi connectivity index (χ3v) is 6.40. The number of fused-ring (bicyclic) bond motifs is 1. The lowest BCUT2D eigenvalue weighted by Gasteiger charge is -2.37. The molecule has 1 atom stereocenters. The minimum atomic E-state index is -0.800. The van der Waals surface area contributed by atoms with Crippen molar-refractivity contribution in [1.82, 2.24) is 10.2 Å². The van der Waals surface area contributed by atoms with Gasteiger partial charge in [-0.1, -0.05) is 24.3 Å². The molecule has 5 nitrogen and oxygen atoms in total. The standard InChI is InChI=1S/C20H26N4OS/c1-21-19(24-12-10-23(11-13-24)18-7-4-14-26-18)22-15-20(25)9-8-16-5-2-3-6-17(16)20/h2-7,14,25H,8-13,15H2,1H3,(H,21,22). The van der Waals surface area contributed by atoms with Gasteiger partial charge >= 0.3 is 0 Å². The van der Waals surface area contributed by atoms with E-state index in [0.717, 1.165) is 50.5 Å².